The van der Waals surface area contributed by atoms with E-state index >= 15 is 0 Å². The van der Waals surface area contributed by atoms with Crippen LogP contribution in [0, 0.1) is 11.8 Å². The summed E-state index contributed by atoms with van der Waals surface area (Å²) < 4.78 is 0. The lowest BCUT2D eigenvalue weighted by Crippen LogP contribution is -2.44. The van der Waals surface area contributed by atoms with E-state index in [4.69, 9.17) is 0 Å². The Bertz CT molecular complexity index is 215. The number of hydrogen-bond acceptors (Lipinski definition) is 2. The molecule has 0 aromatic carbocycles. The molecule has 2 heteroatoms. The number of rotatable bonds is 4. The zero-order valence-corrected chi connectivity index (χ0v) is 10.9. The number of aliphatic hydroxyl groups is 1. The first kappa shape index (κ1) is 12.4. The predicted octanol–water partition coefficient (Wildman–Crippen LogP) is 2.66. The second kappa shape index (κ2) is 5.50. The maximum absolute atomic E-state index is 10.1. The third-order valence-electron chi connectivity index (χ3n) is 4.85. The van der Waals surface area contributed by atoms with Crippen LogP contribution in [-0.2, 0) is 0 Å². The quantitative estimate of drug-likeness (QED) is 0.795. The van der Waals surface area contributed by atoms with Crippen LogP contribution in [0.1, 0.15) is 51.9 Å². The minimum absolute atomic E-state index is 0.0367. The van der Waals surface area contributed by atoms with Crippen molar-refractivity contribution < 1.29 is 5.11 Å². The Morgan fingerprint density at radius 1 is 1.19 bits per heavy atom. The van der Waals surface area contributed by atoms with Crippen LogP contribution in [0.2, 0.25) is 0 Å². The first-order chi connectivity index (χ1) is 7.70. The fraction of sp³-hybridized carbons (Fsp3) is 1.00. The first-order valence-corrected chi connectivity index (χ1v) is 7.09. The Balaban J connectivity index is 1.81. The maximum Gasteiger partial charge on any atom is 0.0580 e. The Labute approximate surface area is 100 Å². The van der Waals surface area contributed by atoms with E-state index in [-0.39, 0.29) is 6.10 Å². The van der Waals surface area contributed by atoms with Gasteiger partial charge in [-0.15, -0.1) is 0 Å². The molecule has 0 amide bonds. The van der Waals surface area contributed by atoms with Crippen molar-refractivity contribution in [1.82, 2.24) is 4.90 Å². The average Bonchev–Trinajstić information content (AvgIpc) is 2.18. The molecule has 0 spiro atoms. The Morgan fingerprint density at radius 3 is 2.50 bits per heavy atom. The zero-order chi connectivity index (χ0) is 11.5. The van der Waals surface area contributed by atoms with Crippen LogP contribution in [-0.4, -0.2) is 35.7 Å². The molecule has 16 heavy (non-hydrogen) atoms. The lowest BCUT2D eigenvalue weighted by molar-refractivity contribution is 0.0163. The largest absolute Gasteiger partial charge is 0.393 e. The summed E-state index contributed by atoms with van der Waals surface area (Å²) in [4.78, 5) is 2.50. The van der Waals surface area contributed by atoms with Crippen molar-refractivity contribution in [3.8, 4) is 0 Å². The molecule has 2 aliphatic rings. The van der Waals surface area contributed by atoms with Crippen LogP contribution in [0.3, 0.4) is 0 Å². The molecule has 2 saturated carbocycles. The van der Waals surface area contributed by atoms with Gasteiger partial charge in [0, 0.05) is 12.6 Å². The summed E-state index contributed by atoms with van der Waals surface area (Å²) >= 11 is 0. The fourth-order valence-corrected chi connectivity index (χ4v) is 3.26. The second-order valence-corrected chi connectivity index (χ2v) is 5.94. The highest BCUT2D eigenvalue weighted by Gasteiger charge is 2.31. The minimum Gasteiger partial charge on any atom is -0.393 e. The molecule has 0 heterocycles. The second-order valence-electron chi connectivity index (χ2n) is 5.94. The molecule has 0 saturated heterocycles. The smallest absolute Gasteiger partial charge is 0.0580 e. The van der Waals surface area contributed by atoms with E-state index in [1.807, 2.05) is 0 Å². The SMILES string of the molecule is CCC1CCC(O)C(CN(C)C2CCC2)C1. The molecule has 2 nitrogen and oxygen atoms in total. The van der Waals surface area contributed by atoms with Crippen molar-refractivity contribution in [2.45, 2.75) is 64.0 Å². The summed E-state index contributed by atoms with van der Waals surface area (Å²) in [5, 5.41) is 10.1. The van der Waals surface area contributed by atoms with Gasteiger partial charge in [0.1, 0.15) is 0 Å². The van der Waals surface area contributed by atoms with Gasteiger partial charge >= 0.3 is 0 Å². The van der Waals surface area contributed by atoms with Gasteiger partial charge in [-0.05, 0) is 51.0 Å². The molecule has 0 radical (unpaired) electrons. The van der Waals surface area contributed by atoms with Crippen LogP contribution in [0.4, 0.5) is 0 Å². The first-order valence-electron chi connectivity index (χ1n) is 7.09. The summed E-state index contributed by atoms with van der Waals surface area (Å²) in [5.41, 5.74) is 0. The van der Waals surface area contributed by atoms with Gasteiger partial charge in [0.15, 0.2) is 0 Å². The van der Waals surface area contributed by atoms with Crippen LogP contribution in [0.15, 0.2) is 0 Å². The monoisotopic (exact) mass is 225 g/mol. The maximum atomic E-state index is 10.1. The third kappa shape index (κ3) is 2.78. The van der Waals surface area contributed by atoms with E-state index in [9.17, 15) is 5.11 Å². The molecular weight excluding hydrogens is 198 g/mol. The van der Waals surface area contributed by atoms with Gasteiger partial charge in [-0.25, -0.2) is 0 Å². The van der Waals surface area contributed by atoms with Crippen molar-refractivity contribution >= 4 is 0 Å². The van der Waals surface area contributed by atoms with Crippen molar-refractivity contribution in [2.24, 2.45) is 11.8 Å². The Morgan fingerprint density at radius 2 is 1.94 bits per heavy atom. The van der Waals surface area contributed by atoms with Crippen LogP contribution in [0.5, 0.6) is 0 Å². The molecule has 2 fully saturated rings. The predicted molar refractivity (Wildman–Crippen MR) is 67.4 cm³/mol. The molecule has 0 aromatic heterocycles. The van der Waals surface area contributed by atoms with E-state index in [0.717, 1.165) is 24.9 Å². The third-order valence-corrected chi connectivity index (χ3v) is 4.85. The highest BCUT2D eigenvalue weighted by Crippen LogP contribution is 2.33. The van der Waals surface area contributed by atoms with Gasteiger partial charge in [-0.2, -0.15) is 0 Å². The summed E-state index contributed by atoms with van der Waals surface area (Å²) in [6, 6.07) is 0.814. The van der Waals surface area contributed by atoms with Crippen LogP contribution >= 0.6 is 0 Å². The molecule has 3 unspecified atom stereocenters. The van der Waals surface area contributed by atoms with E-state index in [1.54, 1.807) is 0 Å². The highest BCUT2D eigenvalue weighted by molar-refractivity contribution is 4.84. The number of hydrogen-bond donors (Lipinski definition) is 1. The lowest BCUT2D eigenvalue weighted by Gasteiger charge is -2.40. The van der Waals surface area contributed by atoms with Crippen molar-refractivity contribution in [2.75, 3.05) is 13.6 Å². The molecule has 1 N–H and O–H groups in total. The summed E-state index contributed by atoms with van der Waals surface area (Å²) in [5.74, 6) is 1.40. The Kier molecular flexibility index (Phi) is 4.26. The zero-order valence-electron chi connectivity index (χ0n) is 10.9. The molecule has 0 bridgehead atoms. The van der Waals surface area contributed by atoms with Crippen LogP contribution in [0.25, 0.3) is 0 Å². The molecule has 0 aliphatic heterocycles. The van der Waals surface area contributed by atoms with Gasteiger partial charge in [-0.3, -0.25) is 0 Å². The Hall–Kier alpha value is -0.0800. The standard InChI is InChI=1S/C14H27NO/c1-3-11-7-8-14(16)12(9-11)10-15(2)13-5-4-6-13/h11-14,16H,3-10H2,1-2H3. The normalized spacial score (nSPS) is 36.4. The number of nitrogens with zero attached hydrogens (tertiary/aromatic N) is 1. The van der Waals surface area contributed by atoms with Crippen molar-refractivity contribution in [1.29, 1.82) is 0 Å². The molecule has 2 aliphatic carbocycles. The summed E-state index contributed by atoms with van der Waals surface area (Å²) in [7, 11) is 2.24. The van der Waals surface area contributed by atoms with Crippen molar-refractivity contribution in [3.63, 3.8) is 0 Å². The average molecular weight is 225 g/mol. The lowest BCUT2D eigenvalue weighted by atomic mass is 9.77. The van der Waals surface area contributed by atoms with E-state index in [0.29, 0.717) is 5.92 Å². The van der Waals surface area contributed by atoms with Gasteiger partial charge in [0.25, 0.3) is 0 Å². The van der Waals surface area contributed by atoms with E-state index in [1.165, 1.54) is 38.5 Å². The van der Waals surface area contributed by atoms with Crippen LogP contribution < -0.4 is 0 Å². The van der Waals surface area contributed by atoms with E-state index in [2.05, 4.69) is 18.9 Å². The molecule has 0 aromatic rings. The molecular formula is C14H27NO. The highest BCUT2D eigenvalue weighted by atomic mass is 16.3. The fourth-order valence-electron chi connectivity index (χ4n) is 3.26. The van der Waals surface area contributed by atoms with Gasteiger partial charge < -0.3 is 10.0 Å². The molecule has 94 valence electrons. The van der Waals surface area contributed by atoms with Gasteiger partial charge in [0.2, 0.25) is 0 Å². The summed E-state index contributed by atoms with van der Waals surface area (Å²) in [6.07, 6.45) is 8.91. The van der Waals surface area contributed by atoms with E-state index < -0.39 is 0 Å². The molecule has 2 rings (SSSR count). The molecule has 3 atom stereocenters. The topological polar surface area (TPSA) is 23.5 Å². The van der Waals surface area contributed by atoms with Crippen molar-refractivity contribution in [3.05, 3.63) is 0 Å². The van der Waals surface area contributed by atoms with Gasteiger partial charge in [-0.1, -0.05) is 19.8 Å². The summed E-state index contributed by atoms with van der Waals surface area (Å²) in [6.45, 7) is 3.40. The van der Waals surface area contributed by atoms with Gasteiger partial charge in [0.05, 0.1) is 6.10 Å². The minimum atomic E-state index is -0.0367. The number of aliphatic hydroxyl groups excluding tert-OH is 1.